The van der Waals surface area contributed by atoms with Gasteiger partial charge in [-0.2, -0.15) is 5.10 Å². The summed E-state index contributed by atoms with van der Waals surface area (Å²) in [7, 11) is 3.20. The molecule has 0 spiro atoms. The lowest BCUT2D eigenvalue weighted by Crippen LogP contribution is -2.49. The number of methoxy groups -OCH3 is 1. The maximum atomic E-state index is 15.3. The molecule has 3 saturated heterocycles. The standard InChI is InChI=1S/C45H41ClIN5O7S/c1-22-29-19-24(46)5-12-35(29)60-40(22)33-21-36(49(3)48-33)52-42(55)31-20-30-27(38(45(31,2)44(52)57)23-17-32(47)39(53)34(18-23)58-4)10-11-28-37(30)43(56)51(41(28)54)26-8-6-25(7-9-26)50-13-15-59-16-14-50/h5-10,12,17-19,21,28,30-31,37-38,53H,11,13-16,20H2,1-4H3. The summed E-state index contributed by atoms with van der Waals surface area (Å²) in [6.45, 7) is 6.65. The number of rotatable bonds is 6. The van der Waals surface area contributed by atoms with E-state index >= 15 is 9.59 Å². The first-order valence-electron chi connectivity index (χ1n) is 20.0. The quantitative estimate of drug-likeness (QED) is 0.103. The number of fused-ring (bicyclic) bond motifs is 5. The Kier molecular flexibility index (Phi) is 9.46. The number of amides is 4. The lowest BCUT2D eigenvalue weighted by atomic mass is 9.51. The highest BCUT2D eigenvalue weighted by Crippen LogP contribution is 2.64. The van der Waals surface area contributed by atoms with Crippen LogP contribution in [0, 0.1) is 39.6 Å². The molecule has 3 aliphatic heterocycles. The second-order valence-corrected chi connectivity index (χ2v) is 19.2. The first kappa shape index (κ1) is 39.4. The third-order valence-electron chi connectivity index (χ3n) is 13.6. The summed E-state index contributed by atoms with van der Waals surface area (Å²) in [5, 5.41) is 17.4. The van der Waals surface area contributed by atoms with Gasteiger partial charge in [0.05, 0.1) is 57.6 Å². The number of phenolic OH excluding ortho intramolecular Hbond substituents is 1. The van der Waals surface area contributed by atoms with Crippen LogP contribution in [0.15, 0.2) is 72.3 Å². The van der Waals surface area contributed by atoms with Crippen LogP contribution in [0.5, 0.6) is 11.5 Å². The van der Waals surface area contributed by atoms with Crippen LogP contribution < -0.4 is 19.4 Å². The van der Waals surface area contributed by atoms with Gasteiger partial charge in [-0.25, -0.2) is 4.90 Å². The zero-order chi connectivity index (χ0) is 41.9. The fraction of sp³-hybridized carbons (Fsp3) is 0.356. The van der Waals surface area contributed by atoms with Gasteiger partial charge in [-0.1, -0.05) is 23.3 Å². The molecule has 6 unspecified atom stereocenters. The number of nitrogens with zero attached hydrogens (tertiary/aromatic N) is 5. The Morgan fingerprint density at radius 1 is 0.950 bits per heavy atom. The van der Waals surface area contributed by atoms with Crippen LogP contribution in [0.3, 0.4) is 0 Å². The van der Waals surface area contributed by atoms with E-state index in [1.807, 2.05) is 91.0 Å². The summed E-state index contributed by atoms with van der Waals surface area (Å²) >= 11 is 9.96. The van der Waals surface area contributed by atoms with E-state index in [2.05, 4.69) is 4.90 Å². The van der Waals surface area contributed by atoms with Crippen molar-refractivity contribution >= 4 is 96.4 Å². The van der Waals surface area contributed by atoms with Crippen molar-refractivity contribution < 1.29 is 33.8 Å². The number of thiophene rings is 1. The fourth-order valence-corrected chi connectivity index (χ4v) is 12.6. The van der Waals surface area contributed by atoms with Gasteiger partial charge in [0.25, 0.3) is 0 Å². The van der Waals surface area contributed by atoms with Crippen molar-refractivity contribution in [3.8, 4) is 22.1 Å². The van der Waals surface area contributed by atoms with Gasteiger partial charge in [-0.05, 0) is 126 Å². The molecule has 1 N–H and O–H groups in total. The highest BCUT2D eigenvalue weighted by Gasteiger charge is 2.68. The van der Waals surface area contributed by atoms with Crippen molar-refractivity contribution in [2.75, 3.05) is 48.1 Å². The smallest absolute Gasteiger partial charge is 0.242 e. The van der Waals surface area contributed by atoms with E-state index < -0.39 is 35.0 Å². The number of imide groups is 2. The maximum absolute atomic E-state index is 15.3. The van der Waals surface area contributed by atoms with Crippen LogP contribution in [-0.2, 0) is 31.0 Å². The van der Waals surface area contributed by atoms with Crippen LogP contribution >= 0.6 is 45.5 Å². The largest absolute Gasteiger partial charge is 0.504 e. The van der Waals surface area contributed by atoms with Crippen molar-refractivity contribution in [2.45, 2.75) is 32.6 Å². The van der Waals surface area contributed by atoms with Gasteiger partial charge in [0.2, 0.25) is 23.6 Å². The van der Waals surface area contributed by atoms with Crippen LogP contribution in [0.1, 0.15) is 36.8 Å². The van der Waals surface area contributed by atoms with Crippen LogP contribution in [0.4, 0.5) is 17.2 Å². The summed E-state index contributed by atoms with van der Waals surface area (Å²) in [6, 6.07) is 18.6. The van der Waals surface area contributed by atoms with Crippen molar-refractivity contribution in [1.82, 2.24) is 9.78 Å². The second-order valence-electron chi connectivity index (χ2n) is 16.6. The number of aromatic hydroxyl groups is 1. The molecule has 2 aromatic heterocycles. The number of hydrogen-bond acceptors (Lipinski definition) is 10. The molecule has 10 rings (SSSR count). The summed E-state index contributed by atoms with van der Waals surface area (Å²) in [5.74, 6) is -4.16. The zero-order valence-electron chi connectivity index (χ0n) is 33.3. The normalized spacial score (nSPS) is 26.5. The summed E-state index contributed by atoms with van der Waals surface area (Å²) < 4.78 is 14.3. The Labute approximate surface area is 368 Å². The van der Waals surface area contributed by atoms with Gasteiger partial charge >= 0.3 is 0 Å². The first-order chi connectivity index (χ1) is 28.8. The summed E-state index contributed by atoms with van der Waals surface area (Å²) in [4.78, 5) is 65.1. The Hall–Kier alpha value is -4.77. The Morgan fingerprint density at radius 3 is 2.42 bits per heavy atom. The third kappa shape index (κ3) is 5.73. The number of carbonyl (C=O) groups excluding carboxylic acids is 4. The number of benzene rings is 3. The SMILES string of the molecule is COc1cc(C2C3=CCC4C(=O)N(c5ccc(N6CCOCC6)cc5)C(=O)C4C3CC3C(=O)N(c4cc(-c5sc6ccc(Cl)cc6c5C)nn4C)C(=O)C32C)cc(I)c1O. The number of hydrogen-bond donors (Lipinski definition) is 1. The molecule has 15 heteroatoms. The number of allylic oxidation sites excluding steroid dienone is 2. The van der Waals surface area contributed by atoms with E-state index in [9.17, 15) is 14.7 Å². The van der Waals surface area contributed by atoms with E-state index in [1.165, 1.54) is 16.9 Å². The van der Waals surface area contributed by atoms with Crippen LogP contribution in [-0.4, -0.2) is 71.9 Å². The number of morpholine rings is 1. The lowest BCUT2D eigenvalue weighted by molar-refractivity contribution is -0.131. The average Bonchev–Trinajstić information content (AvgIpc) is 3.92. The third-order valence-corrected chi connectivity index (χ3v) is 15.9. The minimum absolute atomic E-state index is 0.0304. The minimum Gasteiger partial charge on any atom is -0.504 e. The van der Waals surface area contributed by atoms with Gasteiger partial charge in [0.1, 0.15) is 11.5 Å². The Balaban J connectivity index is 1.05. The second kappa shape index (κ2) is 14.4. The van der Waals surface area contributed by atoms with Crippen molar-refractivity contribution in [3.05, 3.63) is 92.0 Å². The van der Waals surface area contributed by atoms with Gasteiger partial charge < -0.3 is 19.5 Å². The average molecular weight is 958 g/mol. The van der Waals surface area contributed by atoms with Gasteiger partial charge in [0, 0.05) is 47.5 Å². The topological polar surface area (TPSA) is 135 Å². The minimum atomic E-state index is -1.30. The molecule has 3 aromatic carbocycles. The van der Waals surface area contributed by atoms with Crippen LogP contribution in [0.2, 0.25) is 5.02 Å². The lowest BCUT2D eigenvalue weighted by Gasteiger charge is -2.49. The molecule has 1 saturated carbocycles. The Morgan fingerprint density at radius 2 is 1.68 bits per heavy atom. The molecular weight excluding hydrogens is 917 g/mol. The molecule has 0 radical (unpaired) electrons. The van der Waals surface area contributed by atoms with Crippen molar-refractivity contribution in [1.29, 1.82) is 0 Å². The molecule has 5 heterocycles. The molecular formula is C45H41ClIN5O7S. The van der Waals surface area contributed by atoms with Gasteiger partial charge in [-0.3, -0.25) is 28.8 Å². The maximum Gasteiger partial charge on any atom is 0.242 e. The van der Waals surface area contributed by atoms with Gasteiger partial charge in [-0.15, -0.1) is 11.3 Å². The van der Waals surface area contributed by atoms with E-state index in [4.69, 9.17) is 26.2 Å². The van der Waals surface area contributed by atoms with E-state index in [0.29, 0.717) is 51.0 Å². The number of anilines is 3. The number of halogens is 2. The number of phenols is 1. The molecule has 12 nitrogen and oxygen atoms in total. The molecule has 5 aliphatic rings. The number of ether oxygens (including phenoxy) is 2. The van der Waals surface area contributed by atoms with E-state index in [1.54, 1.807) is 35.2 Å². The first-order valence-corrected chi connectivity index (χ1v) is 22.3. The molecule has 0 bridgehead atoms. The number of aryl methyl sites for hydroxylation is 2. The van der Waals surface area contributed by atoms with Crippen molar-refractivity contribution in [2.24, 2.45) is 36.1 Å². The number of carbonyl (C=O) groups is 4. The summed E-state index contributed by atoms with van der Waals surface area (Å²) in [6.07, 6.45) is 2.54. The fourth-order valence-electron chi connectivity index (χ4n) is 10.6. The molecule has 6 atom stereocenters. The predicted molar refractivity (Wildman–Crippen MR) is 238 cm³/mol. The predicted octanol–water partition coefficient (Wildman–Crippen LogP) is 7.85. The summed E-state index contributed by atoms with van der Waals surface area (Å²) in [5.41, 5.74) is 3.36. The molecule has 308 valence electrons. The highest BCUT2D eigenvalue weighted by molar-refractivity contribution is 14.1. The van der Waals surface area contributed by atoms with E-state index in [0.717, 1.165) is 44.9 Å². The number of aromatic nitrogens is 2. The van der Waals surface area contributed by atoms with Gasteiger partial charge in [0.15, 0.2) is 11.5 Å². The van der Waals surface area contributed by atoms with Crippen LogP contribution in [0.25, 0.3) is 20.7 Å². The molecule has 60 heavy (non-hydrogen) atoms. The zero-order valence-corrected chi connectivity index (χ0v) is 37.0. The molecule has 4 fully saturated rings. The highest BCUT2D eigenvalue weighted by atomic mass is 127. The molecule has 5 aromatic rings. The molecule has 4 amide bonds. The monoisotopic (exact) mass is 957 g/mol. The van der Waals surface area contributed by atoms with E-state index in [-0.39, 0.29) is 41.5 Å². The Bertz CT molecular complexity index is 2710. The van der Waals surface area contributed by atoms with Crippen molar-refractivity contribution in [3.63, 3.8) is 0 Å². The molecule has 2 aliphatic carbocycles.